The molecule has 0 aliphatic heterocycles. The SMILES string of the molecule is CCCCCCC(=O)NCC(=O)NCC(=O)N[C@@H](Cc1ccccc1)C(=O)NCC. The van der Waals surface area contributed by atoms with Gasteiger partial charge in [-0.3, -0.25) is 19.2 Å². The van der Waals surface area contributed by atoms with Crippen LogP contribution in [0.15, 0.2) is 30.3 Å². The van der Waals surface area contributed by atoms with E-state index < -0.39 is 17.9 Å². The van der Waals surface area contributed by atoms with Crippen LogP contribution in [0.4, 0.5) is 0 Å². The fraction of sp³-hybridized carbons (Fsp3) is 0.545. The van der Waals surface area contributed by atoms with Gasteiger partial charge in [0.25, 0.3) is 0 Å². The van der Waals surface area contributed by atoms with Crippen LogP contribution in [0.2, 0.25) is 0 Å². The molecule has 0 saturated heterocycles. The normalized spacial score (nSPS) is 11.3. The predicted octanol–water partition coefficient (Wildman–Crippen LogP) is 1.05. The molecule has 0 spiro atoms. The van der Waals surface area contributed by atoms with Gasteiger partial charge in [-0.25, -0.2) is 0 Å². The second kappa shape index (κ2) is 15.0. The van der Waals surface area contributed by atoms with Crippen molar-refractivity contribution in [2.75, 3.05) is 19.6 Å². The molecule has 0 bridgehead atoms. The highest BCUT2D eigenvalue weighted by molar-refractivity contribution is 5.91. The Labute approximate surface area is 178 Å². The van der Waals surface area contributed by atoms with E-state index in [4.69, 9.17) is 0 Å². The number of hydrogen-bond donors (Lipinski definition) is 4. The van der Waals surface area contributed by atoms with E-state index in [1.54, 1.807) is 6.92 Å². The Morgan fingerprint density at radius 1 is 0.800 bits per heavy atom. The summed E-state index contributed by atoms with van der Waals surface area (Å²) in [5, 5.41) is 10.4. The largest absolute Gasteiger partial charge is 0.355 e. The summed E-state index contributed by atoms with van der Waals surface area (Å²) in [6.45, 7) is 3.91. The van der Waals surface area contributed by atoms with Gasteiger partial charge < -0.3 is 21.3 Å². The van der Waals surface area contributed by atoms with Crippen molar-refractivity contribution in [2.24, 2.45) is 0 Å². The summed E-state index contributed by atoms with van der Waals surface area (Å²) in [4.78, 5) is 48.0. The van der Waals surface area contributed by atoms with E-state index in [1.807, 2.05) is 30.3 Å². The number of carbonyl (C=O) groups excluding carboxylic acids is 4. The van der Waals surface area contributed by atoms with Crippen LogP contribution in [0.1, 0.15) is 51.5 Å². The van der Waals surface area contributed by atoms with E-state index in [9.17, 15) is 19.2 Å². The molecule has 1 rings (SSSR count). The zero-order valence-corrected chi connectivity index (χ0v) is 18.0. The third-order valence-corrected chi connectivity index (χ3v) is 4.43. The number of benzene rings is 1. The lowest BCUT2D eigenvalue weighted by atomic mass is 10.1. The molecule has 0 saturated carbocycles. The molecule has 30 heavy (non-hydrogen) atoms. The summed E-state index contributed by atoms with van der Waals surface area (Å²) >= 11 is 0. The average Bonchev–Trinajstić information content (AvgIpc) is 2.74. The highest BCUT2D eigenvalue weighted by Gasteiger charge is 2.21. The van der Waals surface area contributed by atoms with Crippen LogP contribution in [-0.2, 0) is 25.6 Å². The molecule has 4 N–H and O–H groups in total. The number of carbonyl (C=O) groups is 4. The molecule has 1 atom stereocenters. The zero-order chi connectivity index (χ0) is 22.2. The Morgan fingerprint density at radius 3 is 2.13 bits per heavy atom. The van der Waals surface area contributed by atoms with Gasteiger partial charge in [0.2, 0.25) is 23.6 Å². The van der Waals surface area contributed by atoms with Crippen molar-refractivity contribution >= 4 is 23.6 Å². The van der Waals surface area contributed by atoms with Crippen LogP contribution in [0.3, 0.4) is 0 Å². The second-order valence-corrected chi connectivity index (χ2v) is 7.07. The number of unbranched alkanes of at least 4 members (excludes halogenated alkanes) is 3. The molecule has 0 aliphatic rings. The smallest absolute Gasteiger partial charge is 0.242 e. The quantitative estimate of drug-likeness (QED) is 0.338. The summed E-state index contributed by atoms with van der Waals surface area (Å²) in [6, 6.07) is 8.63. The lowest BCUT2D eigenvalue weighted by Crippen LogP contribution is -2.51. The van der Waals surface area contributed by atoms with Gasteiger partial charge in [-0.1, -0.05) is 56.5 Å². The molecule has 0 radical (unpaired) electrons. The number of hydrogen-bond acceptors (Lipinski definition) is 4. The minimum absolute atomic E-state index is 0.176. The minimum Gasteiger partial charge on any atom is -0.355 e. The van der Waals surface area contributed by atoms with Gasteiger partial charge in [0.05, 0.1) is 13.1 Å². The minimum atomic E-state index is -0.737. The molecule has 0 unspecified atom stereocenters. The maximum absolute atomic E-state index is 12.3. The Kier molecular flexibility index (Phi) is 12.6. The summed E-state index contributed by atoms with van der Waals surface area (Å²) in [5.41, 5.74) is 0.916. The second-order valence-electron chi connectivity index (χ2n) is 7.07. The maximum atomic E-state index is 12.3. The lowest BCUT2D eigenvalue weighted by Gasteiger charge is -2.18. The fourth-order valence-corrected chi connectivity index (χ4v) is 2.82. The Bertz CT molecular complexity index is 679. The van der Waals surface area contributed by atoms with Crippen molar-refractivity contribution in [3.05, 3.63) is 35.9 Å². The molecule has 0 heterocycles. The van der Waals surface area contributed by atoms with Gasteiger partial charge >= 0.3 is 0 Å². The summed E-state index contributed by atoms with van der Waals surface area (Å²) in [6.07, 6.45) is 4.71. The van der Waals surface area contributed by atoms with Gasteiger partial charge in [0.15, 0.2) is 0 Å². The molecule has 0 aliphatic carbocycles. The first-order chi connectivity index (χ1) is 14.5. The molecular formula is C22H34N4O4. The third kappa shape index (κ3) is 11.2. The highest BCUT2D eigenvalue weighted by Crippen LogP contribution is 2.04. The topological polar surface area (TPSA) is 116 Å². The molecule has 4 amide bonds. The molecule has 0 fully saturated rings. The van der Waals surface area contributed by atoms with Crippen LogP contribution < -0.4 is 21.3 Å². The first-order valence-electron chi connectivity index (χ1n) is 10.6. The van der Waals surface area contributed by atoms with Gasteiger partial charge in [-0.2, -0.15) is 0 Å². The van der Waals surface area contributed by atoms with Crippen LogP contribution in [-0.4, -0.2) is 49.3 Å². The van der Waals surface area contributed by atoms with Crippen molar-refractivity contribution in [2.45, 2.75) is 58.4 Å². The number of amides is 4. The van der Waals surface area contributed by atoms with Crippen LogP contribution in [0, 0.1) is 0 Å². The number of rotatable bonds is 14. The maximum Gasteiger partial charge on any atom is 0.242 e. The molecule has 8 heteroatoms. The average molecular weight is 419 g/mol. The Hall–Kier alpha value is -2.90. The fourth-order valence-electron chi connectivity index (χ4n) is 2.82. The summed E-state index contributed by atoms with van der Waals surface area (Å²) in [5.74, 6) is -1.38. The standard InChI is InChI=1S/C22H34N4O4/c1-3-5-6-10-13-19(27)24-15-20(28)25-16-21(29)26-18(22(30)23-4-2)14-17-11-8-7-9-12-17/h7-9,11-12,18H,3-6,10,13-16H2,1-2H3,(H,23,30)(H,24,27)(H,25,28)(H,26,29)/t18-/m0/s1. The van der Waals surface area contributed by atoms with Crippen LogP contribution in [0.5, 0.6) is 0 Å². The third-order valence-electron chi connectivity index (χ3n) is 4.43. The molecule has 1 aromatic rings. The van der Waals surface area contributed by atoms with Crippen LogP contribution >= 0.6 is 0 Å². The van der Waals surface area contributed by atoms with Gasteiger partial charge in [-0.15, -0.1) is 0 Å². The highest BCUT2D eigenvalue weighted by atomic mass is 16.2. The van der Waals surface area contributed by atoms with E-state index in [2.05, 4.69) is 28.2 Å². The molecule has 0 aromatic heterocycles. The summed E-state index contributed by atoms with van der Waals surface area (Å²) in [7, 11) is 0. The van der Waals surface area contributed by atoms with Crippen LogP contribution in [0.25, 0.3) is 0 Å². The monoisotopic (exact) mass is 418 g/mol. The van der Waals surface area contributed by atoms with E-state index in [0.717, 1.165) is 31.2 Å². The molecule has 166 valence electrons. The first-order valence-corrected chi connectivity index (χ1v) is 10.6. The lowest BCUT2D eigenvalue weighted by molar-refractivity contribution is -0.130. The number of nitrogens with one attached hydrogen (secondary N) is 4. The van der Waals surface area contributed by atoms with Crippen molar-refractivity contribution < 1.29 is 19.2 Å². The van der Waals surface area contributed by atoms with E-state index in [0.29, 0.717) is 19.4 Å². The summed E-state index contributed by atoms with van der Waals surface area (Å²) < 4.78 is 0. The molecule has 8 nitrogen and oxygen atoms in total. The molecule has 1 aromatic carbocycles. The van der Waals surface area contributed by atoms with E-state index in [1.165, 1.54) is 0 Å². The van der Waals surface area contributed by atoms with Crippen molar-refractivity contribution in [3.63, 3.8) is 0 Å². The Balaban J connectivity index is 2.39. The van der Waals surface area contributed by atoms with Crippen molar-refractivity contribution in [1.29, 1.82) is 0 Å². The Morgan fingerprint density at radius 2 is 1.47 bits per heavy atom. The van der Waals surface area contributed by atoms with Gasteiger partial charge in [-0.05, 0) is 18.9 Å². The van der Waals surface area contributed by atoms with E-state index in [-0.39, 0.29) is 24.9 Å². The van der Waals surface area contributed by atoms with E-state index >= 15 is 0 Å². The molecular weight excluding hydrogens is 384 g/mol. The predicted molar refractivity (Wildman–Crippen MR) is 116 cm³/mol. The zero-order valence-electron chi connectivity index (χ0n) is 18.0. The van der Waals surface area contributed by atoms with Gasteiger partial charge in [0.1, 0.15) is 6.04 Å². The first kappa shape index (κ1) is 25.1. The van der Waals surface area contributed by atoms with Crippen molar-refractivity contribution in [1.82, 2.24) is 21.3 Å². The number of likely N-dealkylation sites (N-methyl/N-ethyl adjacent to an activating group) is 1. The van der Waals surface area contributed by atoms with Crippen molar-refractivity contribution in [3.8, 4) is 0 Å². The van der Waals surface area contributed by atoms with Gasteiger partial charge in [0, 0.05) is 19.4 Å².